The van der Waals surface area contributed by atoms with Gasteiger partial charge in [0.2, 0.25) is 0 Å². The minimum absolute atomic E-state index is 0.257. The van der Waals surface area contributed by atoms with Gasteiger partial charge in [-0.3, -0.25) is 4.90 Å². The molecule has 0 spiro atoms. The molecule has 0 aromatic heterocycles. The number of nitrogens with two attached hydrogens (primary N) is 1. The molecule has 0 aliphatic heterocycles. The van der Waals surface area contributed by atoms with Crippen molar-refractivity contribution >= 4 is 11.6 Å². The van der Waals surface area contributed by atoms with Gasteiger partial charge in [0.1, 0.15) is 0 Å². The Labute approximate surface area is 99.0 Å². The van der Waals surface area contributed by atoms with E-state index in [-0.39, 0.29) is 19.1 Å². The molecule has 2 nitrogen and oxygen atoms in total. The number of hydrogen-bond acceptors (Lipinski definition) is 2. The SMILES string of the molecule is CN(CC(F)F)C(CN)c1ccccc1Cl. The summed E-state index contributed by atoms with van der Waals surface area (Å²) in [5.41, 5.74) is 6.39. The van der Waals surface area contributed by atoms with Gasteiger partial charge in [-0.1, -0.05) is 29.8 Å². The fourth-order valence-electron chi connectivity index (χ4n) is 1.63. The zero-order valence-electron chi connectivity index (χ0n) is 9.04. The largest absolute Gasteiger partial charge is 0.329 e. The van der Waals surface area contributed by atoms with Crippen molar-refractivity contribution in [2.45, 2.75) is 12.5 Å². The summed E-state index contributed by atoms with van der Waals surface area (Å²) in [5, 5.41) is 0.555. The number of likely N-dealkylation sites (N-methyl/N-ethyl adjacent to an activating group) is 1. The molecule has 0 amide bonds. The molecule has 0 heterocycles. The molecule has 1 rings (SSSR count). The van der Waals surface area contributed by atoms with Gasteiger partial charge in [0.25, 0.3) is 6.43 Å². The van der Waals surface area contributed by atoms with Crippen LogP contribution < -0.4 is 5.73 Å². The maximum Gasteiger partial charge on any atom is 0.251 e. The average molecular weight is 249 g/mol. The van der Waals surface area contributed by atoms with E-state index in [0.717, 1.165) is 5.56 Å². The van der Waals surface area contributed by atoms with E-state index in [9.17, 15) is 8.78 Å². The highest BCUT2D eigenvalue weighted by atomic mass is 35.5. The molecule has 1 unspecified atom stereocenters. The molecule has 1 atom stereocenters. The van der Waals surface area contributed by atoms with Gasteiger partial charge >= 0.3 is 0 Å². The Kier molecular flexibility index (Phi) is 5.12. The lowest BCUT2D eigenvalue weighted by Gasteiger charge is -2.27. The first-order valence-corrected chi connectivity index (χ1v) is 5.37. The molecule has 0 saturated heterocycles. The zero-order valence-corrected chi connectivity index (χ0v) is 9.79. The monoisotopic (exact) mass is 248 g/mol. The normalized spacial score (nSPS) is 13.4. The Morgan fingerprint density at radius 1 is 1.38 bits per heavy atom. The number of alkyl halides is 2. The number of rotatable bonds is 5. The van der Waals surface area contributed by atoms with Gasteiger partial charge in [-0.2, -0.15) is 0 Å². The van der Waals surface area contributed by atoms with E-state index in [4.69, 9.17) is 17.3 Å². The summed E-state index contributed by atoms with van der Waals surface area (Å²) in [6, 6.07) is 6.88. The first kappa shape index (κ1) is 13.4. The summed E-state index contributed by atoms with van der Waals surface area (Å²) < 4.78 is 24.6. The minimum Gasteiger partial charge on any atom is -0.329 e. The van der Waals surface area contributed by atoms with E-state index < -0.39 is 6.43 Å². The Hall–Kier alpha value is -0.710. The Morgan fingerprint density at radius 3 is 2.50 bits per heavy atom. The standard InChI is InChI=1S/C11H15ClF2N2/c1-16(7-11(13)14)10(6-15)8-4-2-3-5-9(8)12/h2-5,10-11H,6-7,15H2,1H3. The fourth-order valence-corrected chi connectivity index (χ4v) is 1.90. The molecular weight excluding hydrogens is 234 g/mol. The third kappa shape index (κ3) is 3.40. The van der Waals surface area contributed by atoms with E-state index in [0.29, 0.717) is 5.02 Å². The summed E-state index contributed by atoms with van der Waals surface area (Å²) in [6.07, 6.45) is -2.37. The molecule has 0 bridgehead atoms. The van der Waals surface area contributed by atoms with E-state index >= 15 is 0 Å². The molecule has 2 N–H and O–H groups in total. The first-order chi connectivity index (χ1) is 7.56. The van der Waals surface area contributed by atoms with Gasteiger partial charge in [-0.25, -0.2) is 8.78 Å². The van der Waals surface area contributed by atoms with Crippen molar-refractivity contribution in [1.82, 2.24) is 4.90 Å². The van der Waals surface area contributed by atoms with Crippen LogP contribution in [0.1, 0.15) is 11.6 Å². The number of hydrogen-bond donors (Lipinski definition) is 1. The second-order valence-electron chi connectivity index (χ2n) is 3.60. The molecule has 0 aliphatic rings. The first-order valence-electron chi connectivity index (χ1n) is 4.99. The van der Waals surface area contributed by atoms with Crippen LogP contribution in [0.15, 0.2) is 24.3 Å². The molecule has 1 aromatic carbocycles. The van der Waals surface area contributed by atoms with E-state index in [1.165, 1.54) is 4.90 Å². The second-order valence-corrected chi connectivity index (χ2v) is 4.01. The van der Waals surface area contributed by atoms with Crippen molar-refractivity contribution in [2.75, 3.05) is 20.1 Å². The Bertz CT molecular complexity index is 334. The van der Waals surface area contributed by atoms with Crippen molar-refractivity contribution in [3.8, 4) is 0 Å². The predicted octanol–water partition coefficient (Wildman–Crippen LogP) is 2.54. The van der Waals surface area contributed by atoms with Crippen molar-refractivity contribution in [3.05, 3.63) is 34.9 Å². The lowest BCUT2D eigenvalue weighted by Crippen LogP contribution is -2.34. The molecule has 16 heavy (non-hydrogen) atoms. The summed E-state index contributed by atoms with van der Waals surface area (Å²) in [4.78, 5) is 1.52. The smallest absolute Gasteiger partial charge is 0.251 e. The Balaban J connectivity index is 2.86. The van der Waals surface area contributed by atoms with Gasteiger partial charge in [0, 0.05) is 17.6 Å². The summed E-state index contributed by atoms with van der Waals surface area (Å²) in [6.45, 7) is -0.0555. The van der Waals surface area contributed by atoms with E-state index in [1.807, 2.05) is 12.1 Å². The third-order valence-electron chi connectivity index (χ3n) is 2.45. The quantitative estimate of drug-likeness (QED) is 0.868. The van der Waals surface area contributed by atoms with Crippen LogP contribution in [0.25, 0.3) is 0 Å². The maximum atomic E-state index is 12.3. The van der Waals surface area contributed by atoms with Crippen molar-refractivity contribution in [1.29, 1.82) is 0 Å². The third-order valence-corrected chi connectivity index (χ3v) is 2.79. The van der Waals surface area contributed by atoms with E-state index in [1.54, 1.807) is 19.2 Å². The van der Waals surface area contributed by atoms with Gasteiger partial charge in [-0.15, -0.1) is 0 Å². The minimum atomic E-state index is -2.37. The van der Waals surface area contributed by atoms with Crippen LogP contribution in [-0.4, -0.2) is 31.5 Å². The lowest BCUT2D eigenvalue weighted by atomic mass is 10.1. The Morgan fingerprint density at radius 2 is 2.00 bits per heavy atom. The molecule has 1 aromatic rings. The summed E-state index contributed by atoms with van der Waals surface area (Å²) >= 11 is 6.01. The van der Waals surface area contributed by atoms with E-state index in [2.05, 4.69) is 0 Å². The van der Waals surface area contributed by atoms with Gasteiger partial charge in [0.15, 0.2) is 0 Å². The highest BCUT2D eigenvalue weighted by Crippen LogP contribution is 2.26. The van der Waals surface area contributed by atoms with Crippen molar-refractivity contribution < 1.29 is 8.78 Å². The van der Waals surface area contributed by atoms with Crippen LogP contribution in [0.3, 0.4) is 0 Å². The van der Waals surface area contributed by atoms with Crippen LogP contribution in [0.4, 0.5) is 8.78 Å². The topological polar surface area (TPSA) is 29.3 Å². The van der Waals surface area contributed by atoms with Crippen LogP contribution in [0.5, 0.6) is 0 Å². The molecule has 0 aliphatic carbocycles. The predicted molar refractivity (Wildman–Crippen MR) is 61.9 cm³/mol. The molecule has 5 heteroatoms. The summed E-state index contributed by atoms with van der Waals surface area (Å²) in [7, 11) is 1.62. The van der Waals surface area contributed by atoms with Crippen LogP contribution >= 0.6 is 11.6 Å². The molecular formula is C11H15ClF2N2. The molecule has 0 saturated carbocycles. The zero-order chi connectivity index (χ0) is 12.1. The number of halogens is 3. The van der Waals surface area contributed by atoms with Crippen molar-refractivity contribution in [2.24, 2.45) is 5.73 Å². The average Bonchev–Trinajstić information content (AvgIpc) is 2.20. The molecule has 0 fully saturated rings. The van der Waals surface area contributed by atoms with Crippen LogP contribution in [0.2, 0.25) is 5.02 Å². The van der Waals surface area contributed by atoms with Gasteiger partial charge < -0.3 is 5.73 Å². The van der Waals surface area contributed by atoms with Crippen LogP contribution in [0, 0.1) is 0 Å². The highest BCUT2D eigenvalue weighted by molar-refractivity contribution is 6.31. The lowest BCUT2D eigenvalue weighted by molar-refractivity contribution is 0.0822. The number of nitrogens with zero attached hydrogens (tertiary/aromatic N) is 1. The second kappa shape index (κ2) is 6.13. The van der Waals surface area contributed by atoms with Crippen molar-refractivity contribution in [3.63, 3.8) is 0 Å². The summed E-state index contributed by atoms with van der Waals surface area (Å²) in [5.74, 6) is 0. The molecule has 90 valence electrons. The van der Waals surface area contributed by atoms with Crippen LogP contribution in [-0.2, 0) is 0 Å². The maximum absolute atomic E-state index is 12.3. The van der Waals surface area contributed by atoms with Gasteiger partial charge in [0.05, 0.1) is 6.54 Å². The molecule has 0 radical (unpaired) electrons. The number of benzene rings is 1. The highest BCUT2D eigenvalue weighted by Gasteiger charge is 2.20. The fraction of sp³-hybridized carbons (Fsp3) is 0.455. The van der Waals surface area contributed by atoms with Gasteiger partial charge in [-0.05, 0) is 18.7 Å².